The fourth-order valence-electron chi connectivity index (χ4n) is 4.51. The molecule has 0 spiro atoms. The molecule has 0 aliphatic carbocycles. The molecule has 21 heteroatoms. The van der Waals surface area contributed by atoms with Crippen LogP contribution in [0.15, 0.2) is 51.9 Å². The molecular formula is C29H32N6O13S2. The SMILES string of the molecule is C.CC(C)(O/N=C(\C(=O)C[C@@H]1C(=O)N(S(=O)(=O)O)[C@@H]1CNC(=O)c1ccc(CC(=O)c2cc(=O)c(O)cn2O)cc1)c1csc(N)n1)C(=O)O. The topological polar surface area (TPSA) is 298 Å². The van der Waals surface area contributed by atoms with E-state index < -0.39 is 87.1 Å². The average Bonchev–Trinajstić information content (AvgIpc) is 3.44. The number of aliphatic carboxylic acids is 1. The first-order valence-electron chi connectivity index (χ1n) is 13.9. The molecule has 2 amide bonds. The van der Waals surface area contributed by atoms with Gasteiger partial charge >= 0.3 is 16.3 Å². The van der Waals surface area contributed by atoms with Crippen LogP contribution in [0.5, 0.6) is 5.75 Å². The number of carboxylic acid groups (broad SMARTS) is 1. The molecule has 4 rings (SSSR count). The lowest BCUT2D eigenvalue weighted by atomic mass is 9.84. The highest BCUT2D eigenvalue weighted by Crippen LogP contribution is 2.32. The number of nitrogens with one attached hydrogen (secondary N) is 1. The molecule has 0 bridgehead atoms. The van der Waals surface area contributed by atoms with Crippen molar-refractivity contribution < 1.29 is 57.2 Å². The number of aromatic hydroxyl groups is 1. The molecule has 3 aromatic rings. The Morgan fingerprint density at radius 1 is 1.16 bits per heavy atom. The summed E-state index contributed by atoms with van der Waals surface area (Å²) in [5.41, 5.74) is 2.31. The molecule has 2 aromatic heterocycles. The minimum atomic E-state index is -5.11. The second kappa shape index (κ2) is 14.8. The van der Waals surface area contributed by atoms with Crippen LogP contribution in [0.25, 0.3) is 0 Å². The van der Waals surface area contributed by atoms with E-state index in [0.717, 1.165) is 31.3 Å². The lowest BCUT2D eigenvalue weighted by Crippen LogP contribution is -2.66. The lowest BCUT2D eigenvalue weighted by molar-refractivity contribution is -0.161. The second-order valence-corrected chi connectivity index (χ2v) is 13.3. The number of aromatic nitrogens is 2. The molecule has 3 heterocycles. The van der Waals surface area contributed by atoms with E-state index in [0.29, 0.717) is 16.5 Å². The zero-order valence-electron chi connectivity index (χ0n) is 25.5. The van der Waals surface area contributed by atoms with Gasteiger partial charge in [0.2, 0.25) is 16.9 Å². The Bertz CT molecular complexity index is 2040. The fraction of sp³-hybridized carbons (Fsp3) is 0.310. The van der Waals surface area contributed by atoms with Crippen LogP contribution in [0.3, 0.4) is 0 Å². The number of hydrogen-bond donors (Lipinski definition) is 6. The van der Waals surface area contributed by atoms with Crippen LogP contribution in [-0.2, 0) is 35.9 Å². The first-order chi connectivity index (χ1) is 22.8. The Balaban J connectivity index is 0.00000676. The van der Waals surface area contributed by atoms with Gasteiger partial charge in [-0.2, -0.15) is 13.1 Å². The number of oxime groups is 1. The van der Waals surface area contributed by atoms with Crippen LogP contribution in [0.4, 0.5) is 5.13 Å². The number of carbonyl (C=O) groups is 5. The van der Waals surface area contributed by atoms with E-state index in [-0.39, 0.29) is 40.2 Å². The summed E-state index contributed by atoms with van der Waals surface area (Å²) < 4.78 is 34.0. The molecule has 19 nitrogen and oxygen atoms in total. The molecule has 1 fully saturated rings. The van der Waals surface area contributed by atoms with Crippen LogP contribution in [0.2, 0.25) is 0 Å². The Kier molecular flexibility index (Phi) is 11.5. The number of carbonyl (C=O) groups excluding carboxylic acids is 4. The Morgan fingerprint density at radius 3 is 2.36 bits per heavy atom. The molecule has 2 atom stereocenters. The van der Waals surface area contributed by atoms with Crippen LogP contribution in [0, 0.1) is 5.92 Å². The summed E-state index contributed by atoms with van der Waals surface area (Å²) >= 11 is 0.926. The van der Waals surface area contributed by atoms with Gasteiger partial charge in [-0.05, 0) is 31.5 Å². The number of benzene rings is 1. The second-order valence-electron chi connectivity index (χ2n) is 11.1. The normalized spacial score (nSPS) is 16.2. The molecule has 7 N–H and O–H groups in total. The minimum Gasteiger partial charge on any atom is -0.503 e. The number of Topliss-reactive ketones (excluding diaryl/α,β-unsaturated/α-hetero) is 2. The van der Waals surface area contributed by atoms with Gasteiger partial charge in [0.15, 0.2) is 28.2 Å². The highest BCUT2D eigenvalue weighted by molar-refractivity contribution is 7.84. The fourth-order valence-corrected chi connectivity index (χ4v) is 5.98. The van der Waals surface area contributed by atoms with Crippen molar-refractivity contribution in [2.75, 3.05) is 12.3 Å². The van der Waals surface area contributed by atoms with Crippen LogP contribution < -0.4 is 16.5 Å². The molecule has 0 saturated carbocycles. The monoisotopic (exact) mass is 736 g/mol. The number of hydrogen-bond acceptors (Lipinski definition) is 15. The van der Waals surface area contributed by atoms with E-state index in [9.17, 15) is 57.2 Å². The molecule has 1 aliphatic rings. The smallest absolute Gasteiger partial charge is 0.362 e. The van der Waals surface area contributed by atoms with E-state index in [4.69, 9.17) is 10.6 Å². The third-order valence-corrected chi connectivity index (χ3v) is 8.83. The van der Waals surface area contributed by atoms with Crippen LogP contribution in [-0.4, -0.2) is 95.7 Å². The molecule has 50 heavy (non-hydrogen) atoms. The molecule has 0 unspecified atom stereocenters. The highest BCUT2D eigenvalue weighted by Gasteiger charge is 2.54. The van der Waals surface area contributed by atoms with Crippen LogP contribution >= 0.6 is 11.3 Å². The Morgan fingerprint density at radius 2 is 1.80 bits per heavy atom. The number of amides is 2. The summed E-state index contributed by atoms with van der Waals surface area (Å²) in [6.07, 6.45) is -0.332. The number of β-lactam (4-membered cyclic amide) rings is 1. The van der Waals surface area contributed by atoms with E-state index >= 15 is 0 Å². The minimum absolute atomic E-state index is 0. The van der Waals surface area contributed by atoms with E-state index in [2.05, 4.69) is 15.5 Å². The number of nitrogens with zero attached hydrogens (tertiary/aromatic N) is 4. The van der Waals surface area contributed by atoms with Gasteiger partial charge in [-0.1, -0.05) is 24.7 Å². The maximum Gasteiger partial charge on any atom is 0.362 e. The van der Waals surface area contributed by atoms with Gasteiger partial charge in [-0.3, -0.25) is 28.5 Å². The van der Waals surface area contributed by atoms with Crippen molar-refractivity contribution in [1.82, 2.24) is 19.3 Å². The van der Waals surface area contributed by atoms with Crippen molar-refractivity contribution >= 4 is 61.8 Å². The average molecular weight is 737 g/mol. The van der Waals surface area contributed by atoms with Gasteiger partial charge in [0.1, 0.15) is 11.4 Å². The van der Waals surface area contributed by atoms with Crippen molar-refractivity contribution in [2.45, 2.75) is 45.8 Å². The van der Waals surface area contributed by atoms with Crippen molar-refractivity contribution in [3.63, 3.8) is 0 Å². The first-order valence-corrected chi connectivity index (χ1v) is 16.2. The molecule has 1 aliphatic heterocycles. The number of ketones is 2. The predicted octanol–water partition coefficient (Wildman–Crippen LogP) is 0.494. The van der Waals surface area contributed by atoms with Gasteiger partial charge < -0.3 is 31.3 Å². The molecule has 268 valence electrons. The third kappa shape index (κ3) is 8.48. The first kappa shape index (κ1) is 38.8. The highest BCUT2D eigenvalue weighted by atomic mass is 32.2. The van der Waals surface area contributed by atoms with Crippen molar-refractivity contribution in [1.29, 1.82) is 0 Å². The summed E-state index contributed by atoms with van der Waals surface area (Å²) in [7, 11) is -5.11. The number of pyridine rings is 1. The lowest BCUT2D eigenvalue weighted by Gasteiger charge is -2.44. The Labute approximate surface area is 287 Å². The molecule has 1 aromatic carbocycles. The largest absolute Gasteiger partial charge is 0.503 e. The summed E-state index contributed by atoms with van der Waals surface area (Å²) in [6.45, 7) is 1.78. The Hall–Kier alpha value is -5.67. The van der Waals surface area contributed by atoms with Crippen molar-refractivity contribution in [2.24, 2.45) is 11.1 Å². The summed E-state index contributed by atoms with van der Waals surface area (Å²) in [6, 6.07) is 4.76. The van der Waals surface area contributed by atoms with Gasteiger partial charge in [-0.25, -0.2) is 14.1 Å². The maximum atomic E-state index is 13.3. The molecule has 1 saturated heterocycles. The number of nitrogens with two attached hydrogens (primary N) is 1. The molecular weight excluding hydrogens is 704 g/mol. The van der Waals surface area contributed by atoms with E-state index in [1.807, 2.05) is 0 Å². The number of thiazole rings is 1. The standard InChI is InChI=1S/C28H28N6O13S2.CH4/c1-28(2,26(41)42)47-32-23(16-12-48-27(29)31-16)21(37)8-15-18(34(25(15)40)49(44,45)46)10-30-24(39)14-5-3-13(4-6-14)7-19(35)17-9-20(36)22(38)11-33(17)43;/h3-6,9,11-12,15,18,38,43H,7-8,10H2,1-2H3,(H2,29,31)(H,30,39)(H,41,42)(H,44,45,46);1H4/b32-23-;/t15-,18+;/m0./s1. The number of rotatable bonds is 14. The number of anilines is 1. The van der Waals surface area contributed by atoms with Gasteiger partial charge in [0.05, 0.1) is 18.2 Å². The maximum absolute atomic E-state index is 13.3. The quantitative estimate of drug-likeness (QED) is 0.0328. The summed E-state index contributed by atoms with van der Waals surface area (Å²) in [5.74, 6) is -7.07. The number of nitrogen functional groups attached to an aromatic ring is 1. The van der Waals surface area contributed by atoms with E-state index in [1.54, 1.807) is 0 Å². The van der Waals surface area contributed by atoms with Gasteiger partial charge in [0, 0.05) is 36.4 Å². The van der Waals surface area contributed by atoms with Crippen molar-refractivity contribution in [3.8, 4) is 5.75 Å². The van der Waals surface area contributed by atoms with Gasteiger partial charge in [-0.15, -0.1) is 11.3 Å². The zero-order chi connectivity index (χ0) is 36.4. The predicted molar refractivity (Wildman–Crippen MR) is 174 cm³/mol. The third-order valence-electron chi connectivity index (χ3n) is 7.21. The van der Waals surface area contributed by atoms with Gasteiger partial charge in [0.25, 0.3) is 5.91 Å². The number of carboxylic acids is 1. The van der Waals surface area contributed by atoms with Crippen LogP contribution in [0.1, 0.15) is 59.8 Å². The molecule has 0 radical (unpaired) electrons. The van der Waals surface area contributed by atoms with E-state index in [1.165, 1.54) is 29.6 Å². The zero-order valence-corrected chi connectivity index (χ0v) is 27.1. The van der Waals surface area contributed by atoms with Crippen molar-refractivity contribution in [3.05, 3.63) is 74.6 Å². The summed E-state index contributed by atoms with van der Waals surface area (Å²) in [4.78, 5) is 83.7. The summed E-state index contributed by atoms with van der Waals surface area (Å²) in [5, 5.41) is 35.9.